The minimum absolute atomic E-state index is 0.0221. The number of hydrogen-bond donors (Lipinski definition) is 1. The van der Waals surface area contributed by atoms with Crippen LogP contribution in [0.5, 0.6) is 0 Å². The molecule has 0 saturated carbocycles. The molecule has 4 rings (SSSR count). The first-order chi connectivity index (χ1) is 14.0. The Morgan fingerprint density at radius 1 is 0.966 bits per heavy atom. The summed E-state index contributed by atoms with van der Waals surface area (Å²) in [5.41, 5.74) is 3.27. The molecular weight excluding hydrogens is 450 g/mol. The molecule has 2 aromatic carbocycles. The zero-order valence-corrected chi connectivity index (χ0v) is 17.8. The highest BCUT2D eigenvalue weighted by Gasteiger charge is 2.34. The van der Waals surface area contributed by atoms with Crippen molar-refractivity contribution in [3.63, 3.8) is 0 Å². The first-order valence-corrected chi connectivity index (χ1v) is 10.1. The van der Waals surface area contributed by atoms with E-state index in [9.17, 15) is 9.59 Å². The molecule has 0 atom stereocenters. The van der Waals surface area contributed by atoms with E-state index < -0.39 is 11.8 Å². The Hall–Kier alpha value is -3.03. The van der Waals surface area contributed by atoms with Crippen LogP contribution in [-0.2, 0) is 9.59 Å². The van der Waals surface area contributed by atoms with E-state index in [4.69, 9.17) is 12.2 Å². The van der Waals surface area contributed by atoms with Crippen molar-refractivity contribution in [2.24, 2.45) is 0 Å². The number of aromatic nitrogens is 1. The number of benzene rings is 2. The molecular formula is C22H16BrN3O2S. The van der Waals surface area contributed by atoms with Gasteiger partial charge in [-0.1, -0.05) is 40.2 Å². The topological polar surface area (TPSA) is 54.3 Å². The van der Waals surface area contributed by atoms with Gasteiger partial charge in [-0.3, -0.25) is 19.8 Å². The van der Waals surface area contributed by atoms with Crippen molar-refractivity contribution in [1.82, 2.24) is 9.88 Å². The Balaban J connectivity index is 1.79. The average Bonchev–Trinajstić information content (AvgIpc) is 3.06. The molecule has 0 radical (unpaired) electrons. The fourth-order valence-electron chi connectivity index (χ4n) is 3.26. The van der Waals surface area contributed by atoms with Gasteiger partial charge >= 0.3 is 0 Å². The molecule has 1 saturated heterocycles. The predicted molar refractivity (Wildman–Crippen MR) is 121 cm³/mol. The third-order valence-electron chi connectivity index (χ3n) is 4.58. The molecule has 7 heteroatoms. The number of nitrogens with one attached hydrogen (secondary N) is 1. The molecule has 2 heterocycles. The smallest absolute Gasteiger partial charge is 0.270 e. The molecule has 1 N–H and O–H groups in total. The van der Waals surface area contributed by atoms with Crippen LogP contribution in [0.1, 0.15) is 11.4 Å². The number of carbonyl (C=O) groups excluding carboxylic acids is 2. The number of thiocarbonyl (C=S) groups is 1. The van der Waals surface area contributed by atoms with E-state index in [-0.39, 0.29) is 10.7 Å². The van der Waals surface area contributed by atoms with Crippen molar-refractivity contribution >= 4 is 56.8 Å². The molecule has 5 nitrogen and oxygen atoms in total. The second-order valence-electron chi connectivity index (χ2n) is 6.51. The molecule has 0 aliphatic carbocycles. The number of hydrogen-bond acceptors (Lipinski definition) is 3. The normalized spacial score (nSPS) is 15.7. The summed E-state index contributed by atoms with van der Waals surface area (Å²) in [5.74, 6) is -0.972. The van der Waals surface area contributed by atoms with Crippen LogP contribution in [0.4, 0.5) is 5.69 Å². The molecule has 144 valence electrons. The standard InChI is InChI=1S/C22H16BrN3O2S/c1-14-10-11-18(25(14)16-7-3-2-4-8-16)13-19-20(27)24-22(29)26(21(19)28)17-9-5-6-15(23)12-17/h2-13H,1H3,(H,24,27,29)/b19-13+. The minimum atomic E-state index is -0.510. The van der Waals surface area contributed by atoms with Crippen LogP contribution < -0.4 is 10.2 Å². The maximum absolute atomic E-state index is 13.2. The Morgan fingerprint density at radius 2 is 1.69 bits per heavy atom. The monoisotopic (exact) mass is 465 g/mol. The molecule has 3 aromatic rings. The summed E-state index contributed by atoms with van der Waals surface area (Å²) in [6.07, 6.45) is 1.60. The summed E-state index contributed by atoms with van der Waals surface area (Å²) in [7, 11) is 0. The van der Waals surface area contributed by atoms with Gasteiger partial charge < -0.3 is 4.57 Å². The highest BCUT2D eigenvalue weighted by molar-refractivity contribution is 9.10. The zero-order chi connectivity index (χ0) is 20.5. The van der Waals surface area contributed by atoms with Crippen molar-refractivity contribution in [2.45, 2.75) is 6.92 Å². The second kappa shape index (κ2) is 7.77. The van der Waals surface area contributed by atoms with E-state index in [1.54, 1.807) is 24.3 Å². The second-order valence-corrected chi connectivity index (χ2v) is 7.81. The molecule has 0 bridgehead atoms. The summed E-state index contributed by atoms with van der Waals surface area (Å²) in [6, 6.07) is 20.8. The molecule has 0 unspecified atom stereocenters. The van der Waals surface area contributed by atoms with Gasteiger partial charge in [0.2, 0.25) is 0 Å². The first-order valence-electron chi connectivity index (χ1n) is 8.86. The van der Waals surface area contributed by atoms with Gasteiger partial charge in [0.15, 0.2) is 5.11 Å². The zero-order valence-electron chi connectivity index (χ0n) is 15.4. The predicted octanol–water partition coefficient (Wildman–Crippen LogP) is 4.38. The van der Waals surface area contributed by atoms with Gasteiger partial charge in [-0.05, 0) is 67.7 Å². The van der Waals surface area contributed by atoms with Crippen LogP contribution in [0.15, 0.2) is 76.8 Å². The average molecular weight is 466 g/mol. The van der Waals surface area contributed by atoms with Crippen LogP contribution in [0.2, 0.25) is 0 Å². The van der Waals surface area contributed by atoms with E-state index in [0.29, 0.717) is 5.69 Å². The maximum atomic E-state index is 13.2. The summed E-state index contributed by atoms with van der Waals surface area (Å²) in [6.45, 7) is 1.97. The number of anilines is 1. The van der Waals surface area contributed by atoms with Gasteiger partial charge in [0, 0.05) is 21.5 Å². The Kier molecular flexibility index (Phi) is 5.17. The summed E-state index contributed by atoms with van der Waals surface area (Å²) in [4.78, 5) is 27.1. The van der Waals surface area contributed by atoms with Crippen LogP contribution in [0.25, 0.3) is 11.8 Å². The maximum Gasteiger partial charge on any atom is 0.270 e. The summed E-state index contributed by atoms with van der Waals surface area (Å²) >= 11 is 8.66. The Morgan fingerprint density at radius 3 is 2.41 bits per heavy atom. The lowest BCUT2D eigenvalue weighted by atomic mass is 10.1. The quantitative estimate of drug-likeness (QED) is 0.354. The lowest BCUT2D eigenvalue weighted by Gasteiger charge is -2.29. The highest BCUT2D eigenvalue weighted by Crippen LogP contribution is 2.26. The van der Waals surface area contributed by atoms with Crippen LogP contribution in [-0.4, -0.2) is 21.5 Å². The van der Waals surface area contributed by atoms with Gasteiger partial charge in [0.05, 0.1) is 5.69 Å². The molecule has 2 amide bonds. The van der Waals surface area contributed by atoms with Crippen LogP contribution in [0.3, 0.4) is 0 Å². The van der Waals surface area contributed by atoms with Crippen molar-refractivity contribution < 1.29 is 9.59 Å². The van der Waals surface area contributed by atoms with Gasteiger partial charge in [-0.2, -0.15) is 0 Å². The molecule has 1 fully saturated rings. The minimum Gasteiger partial charge on any atom is -0.314 e. The molecule has 0 spiro atoms. The first kappa shape index (κ1) is 19.3. The van der Waals surface area contributed by atoms with E-state index in [2.05, 4.69) is 21.2 Å². The fraction of sp³-hybridized carbons (Fsp3) is 0.0455. The molecule has 29 heavy (non-hydrogen) atoms. The number of carbonyl (C=O) groups is 2. The third-order valence-corrected chi connectivity index (χ3v) is 5.36. The van der Waals surface area contributed by atoms with Gasteiger partial charge in [-0.15, -0.1) is 0 Å². The molecule has 1 aliphatic heterocycles. The van der Waals surface area contributed by atoms with E-state index in [1.165, 1.54) is 4.90 Å². The Bertz CT molecular complexity index is 1170. The van der Waals surface area contributed by atoms with Crippen LogP contribution >= 0.6 is 28.1 Å². The number of rotatable bonds is 3. The molecule has 1 aromatic heterocycles. The summed E-state index contributed by atoms with van der Waals surface area (Å²) < 4.78 is 2.80. The van der Waals surface area contributed by atoms with Gasteiger partial charge in [0.1, 0.15) is 5.57 Å². The number of aryl methyl sites for hydroxylation is 1. The molecule has 1 aliphatic rings. The van der Waals surface area contributed by atoms with Crippen molar-refractivity contribution in [3.05, 3.63) is 88.2 Å². The van der Waals surface area contributed by atoms with Crippen LogP contribution in [0, 0.1) is 6.92 Å². The van der Waals surface area contributed by atoms with Crippen molar-refractivity contribution in [1.29, 1.82) is 0 Å². The number of para-hydroxylation sites is 1. The van der Waals surface area contributed by atoms with Crippen molar-refractivity contribution in [2.75, 3.05) is 4.90 Å². The van der Waals surface area contributed by atoms with Gasteiger partial charge in [-0.25, -0.2) is 0 Å². The van der Waals surface area contributed by atoms with Crippen molar-refractivity contribution in [3.8, 4) is 5.69 Å². The van der Waals surface area contributed by atoms with E-state index in [1.807, 2.05) is 60.0 Å². The number of halogens is 1. The largest absolute Gasteiger partial charge is 0.314 e. The SMILES string of the molecule is Cc1ccc(/C=C2\C(=O)NC(=S)N(c3cccc(Br)c3)C2=O)n1-c1ccccc1. The lowest BCUT2D eigenvalue weighted by Crippen LogP contribution is -2.54. The fourth-order valence-corrected chi connectivity index (χ4v) is 3.92. The number of amides is 2. The highest BCUT2D eigenvalue weighted by atomic mass is 79.9. The van der Waals surface area contributed by atoms with E-state index in [0.717, 1.165) is 21.5 Å². The van der Waals surface area contributed by atoms with Gasteiger partial charge in [0.25, 0.3) is 11.8 Å². The van der Waals surface area contributed by atoms with E-state index >= 15 is 0 Å². The number of nitrogens with zero attached hydrogens (tertiary/aromatic N) is 2. The summed E-state index contributed by atoms with van der Waals surface area (Å²) in [5, 5.41) is 2.68. The lowest BCUT2D eigenvalue weighted by molar-refractivity contribution is -0.122. The Labute approximate surface area is 181 Å². The third kappa shape index (κ3) is 3.66.